The van der Waals surface area contributed by atoms with Crippen LogP contribution in [0.1, 0.15) is 5.56 Å². The molecule has 0 bridgehead atoms. The fourth-order valence-corrected chi connectivity index (χ4v) is 2.89. The van der Waals surface area contributed by atoms with E-state index in [0.29, 0.717) is 0 Å². The number of hydrogen-bond acceptors (Lipinski definition) is 5. The zero-order valence-corrected chi connectivity index (χ0v) is 14.7. The van der Waals surface area contributed by atoms with Gasteiger partial charge in [-0.1, -0.05) is 42.5 Å². The van der Waals surface area contributed by atoms with Crippen LogP contribution in [0.4, 0.5) is 11.8 Å². The fourth-order valence-electron chi connectivity index (χ4n) is 2.89. The van der Waals surface area contributed by atoms with Crippen LogP contribution in [0, 0.1) is 0 Å². The van der Waals surface area contributed by atoms with E-state index >= 15 is 0 Å². The zero-order chi connectivity index (χ0) is 16.2. The van der Waals surface area contributed by atoms with E-state index in [9.17, 15) is 0 Å². The molecule has 1 aliphatic rings. The summed E-state index contributed by atoms with van der Waals surface area (Å²) in [5, 5.41) is 4.52. The molecule has 25 heavy (non-hydrogen) atoms. The van der Waals surface area contributed by atoms with Crippen molar-refractivity contribution in [3.63, 3.8) is 0 Å². The molecule has 4 rings (SSSR count). The lowest BCUT2D eigenvalue weighted by molar-refractivity contribution is 0.122. The minimum atomic E-state index is 0. The highest BCUT2D eigenvalue weighted by Gasteiger charge is 2.16. The van der Waals surface area contributed by atoms with Gasteiger partial charge in [-0.2, -0.15) is 4.98 Å². The molecule has 0 aliphatic carbocycles. The van der Waals surface area contributed by atoms with E-state index in [0.717, 1.165) is 55.5 Å². The second kappa shape index (κ2) is 8.14. The lowest BCUT2D eigenvalue weighted by Gasteiger charge is -2.27. The molecule has 130 valence electrons. The van der Waals surface area contributed by atoms with E-state index in [1.807, 2.05) is 36.4 Å². The van der Waals surface area contributed by atoms with E-state index in [-0.39, 0.29) is 12.4 Å². The lowest BCUT2D eigenvalue weighted by atomic mass is 10.2. The SMILES string of the molecule is Cl.c1ccc(CNc2nc(N3CCOCC3)nc3ccccc23)cc1. The number of ether oxygens (including phenoxy) is 1. The molecule has 0 amide bonds. The number of hydrogen-bond donors (Lipinski definition) is 1. The molecule has 5 nitrogen and oxygen atoms in total. The molecule has 0 saturated carbocycles. The first-order chi connectivity index (χ1) is 11.9. The maximum atomic E-state index is 5.43. The highest BCUT2D eigenvalue weighted by Crippen LogP contribution is 2.24. The number of aromatic nitrogens is 2. The van der Waals surface area contributed by atoms with Crippen molar-refractivity contribution in [2.24, 2.45) is 0 Å². The average molecular weight is 357 g/mol. The third kappa shape index (κ3) is 4.00. The minimum Gasteiger partial charge on any atom is -0.378 e. The van der Waals surface area contributed by atoms with Gasteiger partial charge in [0.25, 0.3) is 0 Å². The molecule has 2 aromatic carbocycles. The van der Waals surface area contributed by atoms with Gasteiger partial charge in [0.05, 0.1) is 18.7 Å². The number of rotatable bonds is 4. The summed E-state index contributed by atoms with van der Waals surface area (Å²) in [5.74, 6) is 1.65. The summed E-state index contributed by atoms with van der Waals surface area (Å²) in [6, 6.07) is 18.5. The van der Waals surface area contributed by atoms with E-state index in [2.05, 4.69) is 28.4 Å². The van der Waals surface area contributed by atoms with Crippen molar-refractivity contribution in [2.45, 2.75) is 6.54 Å². The number of morpholine rings is 1. The Morgan fingerprint density at radius 1 is 0.920 bits per heavy atom. The number of para-hydroxylation sites is 1. The van der Waals surface area contributed by atoms with Crippen LogP contribution in [-0.4, -0.2) is 36.3 Å². The van der Waals surface area contributed by atoms with Gasteiger partial charge in [0.2, 0.25) is 5.95 Å². The van der Waals surface area contributed by atoms with Gasteiger partial charge in [-0.15, -0.1) is 12.4 Å². The molecule has 1 aliphatic heterocycles. The van der Waals surface area contributed by atoms with Crippen LogP contribution in [0.3, 0.4) is 0 Å². The number of nitrogens with zero attached hydrogens (tertiary/aromatic N) is 3. The maximum absolute atomic E-state index is 5.43. The largest absolute Gasteiger partial charge is 0.378 e. The normalized spacial score (nSPS) is 14.2. The molecule has 3 aromatic rings. The molecular weight excluding hydrogens is 336 g/mol. The maximum Gasteiger partial charge on any atom is 0.228 e. The van der Waals surface area contributed by atoms with Crippen molar-refractivity contribution in [3.8, 4) is 0 Å². The van der Waals surface area contributed by atoms with Gasteiger partial charge in [-0.25, -0.2) is 4.98 Å². The molecule has 0 unspecified atom stereocenters. The molecule has 1 saturated heterocycles. The third-order valence-corrected chi connectivity index (χ3v) is 4.19. The summed E-state index contributed by atoms with van der Waals surface area (Å²) in [7, 11) is 0. The molecule has 2 heterocycles. The van der Waals surface area contributed by atoms with Crippen LogP contribution in [-0.2, 0) is 11.3 Å². The zero-order valence-electron chi connectivity index (χ0n) is 13.9. The highest BCUT2D eigenvalue weighted by molar-refractivity contribution is 5.90. The predicted molar refractivity (Wildman–Crippen MR) is 104 cm³/mol. The Morgan fingerprint density at radius 3 is 2.44 bits per heavy atom. The van der Waals surface area contributed by atoms with Crippen LogP contribution in [0.15, 0.2) is 54.6 Å². The molecule has 1 aromatic heterocycles. The summed E-state index contributed by atoms with van der Waals surface area (Å²) >= 11 is 0. The quantitative estimate of drug-likeness (QED) is 0.775. The van der Waals surface area contributed by atoms with Gasteiger partial charge in [0.15, 0.2) is 0 Å². The number of fused-ring (bicyclic) bond motifs is 1. The Bertz CT molecular complexity index is 822. The summed E-state index contributed by atoms with van der Waals surface area (Å²) in [4.78, 5) is 11.7. The molecule has 0 atom stereocenters. The lowest BCUT2D eigenvalue weighted by Crippen LogP contribution is -2.37. The van der Waals surface area contributed by atoms with Crippen molar-refractivity contribution < 1.29 is 4.74 Å². The Morgan fingerprint density at radius 2 is 1.64 bits per heavy atom. The van der Waals surface area contributed by atoms with E-state index in [1.165, 1.54) is 5.56 Å². The second-order valence-corrected chi connectivity index (χ2v) is 5.83. The standard InChI is InChI=1S/C19H20N4O.ClH/c1-2-6-15(7-3-1)14-20-18-16-8-4-5-9-17(16)21-19(22-18)23-10-12-24-13-11-23;/h1-9H,10-14H2,(H,20,21,22);1H. The smallest absolute Gasteiger partial charge is 0.228 e. The van der Waals surface area contributed by atoms with Gasteiger partial charge in [0.1, 0.15) is 5.82 Å². The summed E-state index contributed by atoms with van der Waals surface area (Å²) in [6.07, 6.45) is 0. The molecule has 1 fully saturated rings. The predicted octanol–water partition coefficient (Wildman–Crippen LogP) is 3.50. The van der Waals surface area contributed by atoms with E-state index < -0.39 is 0 Å². The molecular formula is C19H21ClN4O. The third-order valence-electron chi connectivity index (χ3n) is 4.19. The summed E-state index contributed by atoms with van der Waals surface area (Å²) < 4.78 is 5.43. The monoisotopic (exact) mass is 356 g/mol. The highest BCUT2D eigenvalue weighted by atomic mass is 35.5. The minimum absolute atomic E-state index is 0. The van der Waals surface area contributed by atoms with Crippen molar-refractivity contribution in [1.82, 2.24) is 9.97 Å². The van der Waals surface area contributed by atoms with Crippen molar-refractivity contribution >= 4 is 35.1 Å². The molecule has 1 N–H and O–H groups in total. The Balaban J connectivity index is 0.00000182. The van der Waals surface area contributed by atoms with Gasteiger partial charge in [-0.3, -0.25) is 0 Å². The number of anilines is 2. The second-order valence-electron chi connectivity index (χ2n) is 5.83. The Labute approximate surface area is 153 Å². The van der Waals surface area contributed by atoms with Crippen LogP contribution in [0.2, 0.25) is 0 Å². The summed E-state index contributed by atoms with van der Waals surface area (Å²) in [6.45, 7) is 3.85. The van der Waals surface area contributed by atoms with Crippen LogP contribution in [0.25, 0.3) is 10.9 Å². The first-order valence-electron chi connectivity index (χ1n) is 8.27. The van der Waals surface area contributed by atoms with E-state index in [1.54, 1.807) is 0 Å². The first kappa shape index (κ1) is 17.5. The molecule has 6 heteroatoms. The molecule has 0 spiro atoms. The van der Waals surface area contributed by atoms with E-state index in [4.69, 9.17) is 14.7 Å². The average Bonchev–Trinajstić information content (AvgIpc) is 2.67. The van der Waals surface area contributed by atoms with Crippen molar-refractivity contribution in [2.75, 3.05) is 36.5 Å². The Hall–Kier alpha value is -2.37. The Kier molecular flexibility index (Phi) is 5.68. The van der Waals surface area contributed by atoms with Crippen LogP contribution in [0.5, 0.6) is 0 Å². The van der Waals surface area contributed by atoms with Gasteiger partial charge >= 0.3 is 0 Å². The number of benzene rings is 2. The van der Waals surface area contributed by atoms with Crippen LogP contribution >= 0.6 is 12.4 Å². The van der Waals surface area contributed by atoms with Crippen molar-refractivity contribution in [1.29, 1.82) is 0 Å². The van der Waals surface area contributed by atoms with Crippen molar-refractivity contribution in [3.05, 3.63) is 60.2 Å². The van der Waals surface area contributed by atoms with Gasteiger partial charge in [-0.05, 0) is 17.7 Å². The van der Waals surface area contributed by atoms with Gasteiger partial charge in [0, 0.05) is 25.0 Å². The number of nitrogens with one attached hydrogen (secondary N) is 1. The topological polar surface area (TPSA) is 50.3 Å². The molecule has 0 radical (unpaired) electrons. The fraction of sp³-hybridized carbons (Fsp3) is 0.263. The summed E-state index contributed by atoms with van der Waals surface area (Å²) in [5.41, 5.74) is 2.19. The van der Waals surface area contributed by atoms with Crippen LogP contribution < -0.4 is 10.2 Å². The number of halogens is 1. The first-order valence-corrected chi connectivity index (χ1v) is 8.27. The van der Waals surface area contributed by atoms with Gasteiger partial charge < -0.3 is 15.0 Å².